The second kappa shape index (κ2) is 9.13. The highest BCUT2D eigenvalue weighted by molar-refractivity contribution is 8.00. The first-order valence-corrected chi connectivity index (χ1v) is 9.86. The lowest BCUT2D eigenvalue weighted by molar-refractivity contribution is -0.0909. The summed E-state index contributed by atoms with van der Waals surface area (Å²) in [6, 6.07) is 13.3. The lowest BCUT2D eigenvalue weighted by Gasteiger charge is -2.39. The van der Waals surface area contributed by atoms with Gasteiger partial charge in [0.25, 0.3) is 5.91 Å². The fourth-order valence-corrected chi connectivity index (χ4v) is 4.20. The van der Waals surface area contributed by atoms with Crippen molar-refractivity contribution in [3.05, 3.63) is 59.1 Å². The number of amides is 1. The van der Waals surface area contributed by atoms with E-state index < -0.39 is 41.5 Å². The number of rotatable bonds is 5. The van der Waals surface area contributed by atoms with Gasteiger partial charge in [0.2, 0.25) is 0 Å². The Kier molecular flexibility index (Phi) is 6.82. The predicted molar refractivity (Wildman–Crippen MR) is 107 cm³/mol. The molecule has 1 fully saturated rings. The molecule has 2 aromatic carbocycles. The molecule has 0 aromatic heterocycles. The summed E-state index contributed by atoms with van der Waals surface area (Å²) in [5.74, 6) is -0.312. The van der Waals surface area contributed by atoms with E-state index in [0.717, 1.165) is 11.8 Å². The van der Waals surface area contributed by atoms with Crippen LogP contribution in [0.25, 0.3) is 0 Å². The molecule has 150 valence electrons. The molecule has 0 spiro atoms. The Balaban J connectivity index is 1.83. The van der Waals surface area contributed by atoms with Crippen LogP contribution in [0.1, 0.15) is 10.4 Å². The maximum Gasteiger partial charge on any atom is 0.259 e. The third-order valence-electron chi connectivity index (χ3n) is 4.31. The number of nitrogens with one attached hydrogen (secondary N) is 1. The average molecular weight is 426 g/mol. The van der Waals surface area contributed by atoms with Gasteiger partial charge in [0, 0.05) is 10.7 Å². The van der Waals surface area contributed by atoms with E-state index in [0.29, 0.717) is 10.7 Å². The number of para-hydroxylation sites is 1. The summed E-state index contributed by atoms with van der Waals surface area (Å²) in [6.07, 6.45) is -4.20. The highest BCUT2D eigenvalue weighted by Crippen LogP contribution is 2.36. The van der Waals surface area contributed by atoms with Crippen molar-refractivity contribution >= 4 is 35.0 Å². The molecular formula is C19H20ClNO6S. The molecule has 1 amide bonds. The fraction of sp³-hybridized carbons (Fsp3) is 0.316. The Morgan fingerprint density at radius 3 is 2.46 bits per heavy atom. The summed E-state index contributed by atoms with van der Waals surface area (Å²) in [5, 5.41) is 41.9. The summed E-state index contributed by atoms with van der Waals surface area (Å²) in [6.45, 7) is -0.405. The van der Waals surface area contributed by atoms with Crippen LogP contribution in [-0.2, 0) is 0 Å². The van der Waals surface area contributed by atoms with Crippen molar-refractivity contribution in [3.8, 4) is 5.75 Å². The summed E-state index contributed by atoms with van der Waals surface area (Å²) in [4.78, 5) is 12.7. The number of ether oxygens (including phenoxy) is 1. The molecule has 0 saturated carbocycles. The van der Waals surface area contributed by atoms with Gasteiger partial charge in [-0.05, 0) is 30.3 Å². The lowest BCUT2D eigenvalue weighted by Crippen LogP contribution is -2.55. The van der Waals surface area contributed by atoms with Crippen molar-refractivity contribution in [1.29, 1.82) is 0 Å². The number of thioether (sulfide) groups is 1. The molecule has 1 heterocycles. The molecular weight excluding hydrogens is 406 g/mol. The minimum Gasteiger partial charge on any atom is -0.476 e. The summed E-state index contributed by atoms with van der Waals surface area (Å²) >= 11 is 7.00. The third-order valence-corrected chi connectivity index (χ3v) is 5.97. The molecule has 7 nitrogen and oxygen atoms in total. The Hall–Kier alpha value is -1.81. The summed E-state index contributed by atoms with van der Waals surface area (Å²) in [7, 11) is 0. The number of carbonyl (C=O) groups excluding carboxylic acids is 1. The third kappa shape index (κ3) is 4.60. The van der Waals surface area contributed by atoms with Crippen LogP contribution in [0.4, 0.5) is 5.69 Å². The minimum atomic E-state index is -1.49. The normalized spacial score (nSPS) is 27.2. The van der Waals surface area contributed by atoms with E-state index in [1.54, 1.807) is 24.3 Å². The SMILES string of the molecule is O=C(Nc1ccccc1)c1cc(Cl)ccc1O[C@@H]1S[C@H](CO)[C@@H](O)[C@H](O)[C@H]1O. The summed E-state index contributed by atoms with van der Waals surface area (Å²) < 4.78 is 5.77. The fourth-order valence-electron chi connectivity index (χ4n) is 2.79. The van der Waals surface area contributed by atoms with Gasteiger partial charge < -0.3 is 30.5 Å². The number of benzene rings is 2. The number of aliphatic hydroxyl groups excluding tert-OH is 4. The van der Waals surface area contributed by atoms with Crippen molar-refractivity contribution in [2.45, 2.75) is 29.0 Å². The van der Waals surface area contributed by atoms with Gasteiger partial charge >= 0.3 is 0 Å². The standard InChI is InChI=1S/C19H20ClNO6S/c20-10-6-7-13(12(8-10)18(26)21-11-4-2-1-3-5-11)27-19-17(25)16(24)15(23)14(9-22)28-19/h1-8,14-17,19,22-25H,9H2,(H,21,26)/t14-,15-,16+,17-,19-/m1/s1. The molecule has 1 saturated heterocycles. The van der Waals surface area contributed by atoms with Crippen molar-refractivity contribution < 1.29 is 30.0 Å². The average Bonchev–Trinajstić information content (AvgIpc) is 2.70. The maximum atomic E-state index is 12.7. The number of aliphatic hydroxyl groups is 4. The highest BCUT2D eigenvalue weighted by atomic mass is 35.5. The molecule has 1 aliphatic rings. The van der Waals surface area contributed by atoms with Gasteiger partial charge in [0.1, 0.15) is 18.0 Å². The first kappa shape index (κ1) is 20.9. The van der Waals surface area contributed by atoms with Crippen LogP contribution in [0.15, 0.2) is 48.5 Å². The Bertz CT molecular complexity index is 821. The van der Waals surface area contributed by atoms with Gasteiger partial charge in [-0.2, -0.15) is 0 Å². The first-order chi connectivity index (χ1) is 13.4. The number of hydrogen-bond acceptors (Lipinski definition) is 7. The van der Waals surface area contributed by atoms with Gasteiger partial charge in [-0.1, -0.05) is 29.8 Å². The molecule has 1 aliphatic heterocycles. The monoisotopic (exact) mass is 425 g/mol. The Morgan fingerprint density at radius 2 is 1.79 bits per heavy atom. The van der Waals surface area contributed by atoms with Crippen LogP contribution in [0, 0.1) is 0 Å². The van der Waals surface area contributed by atoms with Crippen molar-refractivity contribution in [3.63, 3.8) is 0 Å². The van der Waals surface area contributed by atoms with E-state index in [1.165, 1.54) is 18.2 Å². The maximum absolute atomic E-state index is 12.7. The second-order valence-corrected chi connectivity index (χ2v) is 8.05. The lowest BCUT2D eigenvalue weighted by atomic mass is 10.0. The van der Waals surface area contributed by atoms with Gasteiger partial charge in [0.15, 0.2) is 5.44 Å². The molecule has 0 aliphatic carbocycles. The zero-order chi connectivity index (χ0) is 20.3. The molecule has 28 heavy (non-hydrogen) atoms. The van der Waals surface area contributed by atoms with Crippen LogP contribution in [0.3, 0.4) is 0 Å². The molecule has 9 heteroatoms. The Morgan fingerprint density at radius 1 is 1.07 bits per heavy atom. The van der Waals surface area contributed by atoms with Crippen LogP contribution < -0.4 is 10.1 Å². The van der Waals surface area contributed by atoms with Gasteiger partial charge in [-0.25, -0.2) is 0 Å². The minimum absolute atomic E-state index is 0.144. The zero-order valence-corrected chi connectivity index (χ0v) is 16.2. The van der Waals surface area contributed by atoms with E-state index in [-0.39, 0.29) is 11.3 Å². The van der Waals surface area contributed by atoms with Crippen molar-refractivity contribution in [2.75, 3.05) is 11.9 Å². The number of halogens is 1. The number of hydrogen-bond donors (Lipinski definition) is 5. The van der Waals surface area contributed by atoms with E-state index >= 15 is 0 Å². The van der Waals surface area contributed by atoms with Crippen LogP contribution in [0.5, 0.6) is 5.75 Å². The Labute approximate surface area is 170 Å². The summed E-state index contributed by atoms with van der Waals surface area (Å²) in [5.41, 5.74) is -0.269. The molecule has 5 atom stereocenters. The number of anilines is 1. The number of carbonyl (C=O) groups is 1. The van der Waals surface area contributed by atoms with E-state index in [2.05, 4.69) is 5.32 Å². The van der Waals surface area contributed by atoms with E-state index in [9.17, 15) is 25.2 Å². The largest absolute Gasteiger partial charge is 0.476 e. The van der Waals surface area contributed by atoms with Crippen molar-refractivity contribution in [1.82, 2.24) is 0 Å². The molecule has 0 bridgehead atoms. The quantitative estimate of drug-likeness (QED) is 0.492. The molecule has 5 N–H and O–H groups in total. The zero-order valence-electron chi connectivity index (χ0n) is 14.6. The molecule has 0 radical (unpaired) electrons. The topological polar surface area (TPSA) is 119 Å². The predicted octanol–water partition coefficient (Wildman–Crippen LogP) is 1.49. The molecule has 2 aromatic rings. The molecule has 3 rings (SSSR count). The van der Waals surface area contributed by atoms with Gasteiger partial charge in [-0.15, -0.1) is 11.8 Å². The van der Waals surface area contributed by atoms with Crippen LogP contribution in [0.2, 0.25) is 5.02 Å². The van der Waals surface area contributed by atoms with E-state index in [1.807, 2.05) is 6.07 Å². The molecule has 0 unspecified atom stereocenters. The van der Waals surface area contributed by atoms with Gasteiger partial charge in [-0.3, -0.25) is 4.79 Å². The van der Waals surface area contributed by atoms with E-state index in [4.69, 9.17) is 16.3 Å². The second-order valence-electron chi connectivity index (χ2n) is 6.28. The highest BCUT2D eigenvalue weighted by Gasteiger charge is 2.44. The van der Waals surface area contributed by atoms with Crippen LogP contribution in [-0.4, -0.2) is 61.9 Å². The van der Waals surface area contributed by atoms with Crippen LogP contribution >= 0.6 is 23.4 Å². The van der Waals surface area contributed by atoms with Crippen molar-refractivity contribution in [2.24, 2.45) is 0 Å². The van der Waals surface area contributed by atoms with Gasteiger partial charge in [0.05, 0.1) is 23.5 Å². The first-order valence-electron chi connectivity index (χ1n) is 8.54. The smallest absolute Gasteiger partial charge is 0.259 e.